The lowest BCUT2D eigenvalue weighted by molar-refractivity contribution is -0.139. The maximum atomic E-state index is 13.6. The molecule has 2 amide bonds. The van der Waals surface area contributed by atoms with Gasteiger partial charge in [0, 0.05) is 51.7 Å². The van der Waals surface area contributed by atoms with Gasteiger partial charge >= 0.3 is 12.2 Å². The number of aromatic nitrogens is 2. The van der Waals surface area contributed by atoms with Crippen molar-refractivity contribution in [2.75, 3.05) is 23.0 Å². The average Bonchev–Trinajstić information content (AvgIpc) is 3.51. The van der Waals surface area contributed by atoms with Crippen LogP contribution in [0.4, 0.5) is 29.3 Å². The molecule has 1 aliphatic heterocycles. The number of fused-ring (bicyclic) bond motifs is 1. The van der Waals surface area contributed by atoms with Crippen molar-refractivity contribution in [3.05, 3.63) is 77.4 Å². The van der Waals surface area contributed by atoms with E-state index in [4.69, 9.17) is 0 Å². The van der Waals surface area contributed by atoms with E-state index in [0.29, 0.717) is 24.3 Å². The number of halogens is 3. The van der Waals surface area contributed by atoms with Gasteiger partial charge in [-0.15, -0.1) is 23.1 Å². The molecule has 0 saturated carbocycles. The highest BCUT2D eigenvalue weighted by Gasteiger charge is 2.36. The average molecular weight is 513 g/mol. The molecular weight excluding hydrogens is 493 g/mol. The van der Waals surface area contributed by atoms with E-state index in [-0.39, 0.29) is 4.90 Å². The van der Waals surface area contributed by atoms with Gasteiger partial charge in [0.2, 0.25) is 0 Å². The minimum Gasteiger partial charge on any atom is -0.308 e. The molecule has 5 nitrogen and oxygen atoms in total. The number of thioether (sulfide) groups is 1. The third kappa shape index (κ3) is 4.76. The number of urea groups is 1. The molecule has 5 rings (SSSR count). The molecule has 1 N–H and O–H groups in total. The molecule has 2 aromatic carbocycles. The fourth-order valence-corrected chi connectivity index (χ4v) is 5.47. The van der Waals surface area contributed by atoms with E-state index in [2.05, 4.69) is 15.3 Å². The van der Waals surface area contributed by atoms with Gasteiger partial charge in [-0.3, -0.25) is 9.88 Å². The van der Waals surface area contributed by atoms with Gasteiger partial charge in [0.05, 0.1) is 11.3 Å². The Labute approximate surface area is 208 Å². The summed E-state index contributed by atoms with van der Waals surface area (Å²) in [4.78, 5) is 23.4. The minimum atomic E-state index is -4.49. The Morgan fingerprint density at radius 2 is 1.97 bits per heavy atom. The van der Waals surface area contributed by atoms with E-state index >= 15 is 0 Å². The van der Waals surface area contributed by atoms with Crippen LogP contribution in [0, 0.1) is 0 Å². The van der Waals surface area contributed by atoms with Crippen LogP contribution in [0.3, 0.4) is 0 Å². The van der Waals surface area contributed by atoms with Crippen molar-refractivity contribution in [2.45, 2.75) is 17.5 Å². The van der Waals surface area contributed by atoms with E-state index in [1.165, 1.54) is 16.2 Å². The SMILES string of the molecule is CSc1cc2c(cc1C(F)(F)F)N(C(=O)Nc1cccc(-c3csc(-c4cccnc4)n3)c1)CC2. The normalized spacial score (nSPS) is 13.1. The summed E-state index contributed by atoms with van der Waals surface area (Å²) >= 11 is 2.55. The number of nitrogens with zero attached hydrogens (tertiary/aromatic N) is 3. The Morgan fingerprint density at radius 1 is 1.14 bits per heavy atom. The molecule has 0 unspecified atom stereocenters. The number of rotatable bonds is 4. The Balaban J connectivity index is 1.37. The van der Waals surface area contributed by atoms with Crippen LogP contribution in [-0.2, 0) is 12.6 Å². The molecule has 0 aliphatic carbocycles. The van der Waals surface area contributed by atoms with E-state index in [1.807, 2.05) is 23.6 Å². The summed E-state index contributed by atoms with van der Waals surface area (Å²) in [7, 11) is 0. The predicted octanol–water partition coefficient (Wildman–Crippen LogP) is 7.21. The van der Waals surface area contributed by atoms with Crippen molar-refractivity contribution in [3.63, 3.8) is 0 Å². The predicted molar refractivity (Wildman–Crippen MR) is 134 cm³/mol. The number of hydrogen-bond acceptors (Lipinski definition) is 5. The van der Waals surface area contributed by atoms with Gasteiger partial charge in [-0.1, -0.05) is 12.1 Å². The molecule has 0 fully saturated rings. The number of carbonyl (C=O) groups is 1. The quantitative estimate of drug-likeness (QED) is 0.294. The topological polar surface area (TPSA) is 58.1 Å². The summed E-state index contributed by atoms with van der Waals surface area (Å²) in [5.41, 5.74) is 3.34. The highest BCUT2D eigenvalue weighted by Crippen LogP contribution is 2.42. The first-order valence-corrected chi connectivity index (χ1v) is 12.8. The van der Waals surface area contributed by atoms with Crippen molar-refractivity contribution in [3.8, 4) is 21.8 Å². The van der Waals surface area contributed by atoms with Gasteiger partial charge in [-0.2, -0.15) is 13.2 Å². The molecule has 35 heavy (non-hydrogen) atoms. The number of pyridine rings is 1. The molecule has 1 aliphatic rings. The third-order valence-corrected chi connectivity index (χ3v) is 7.34. The van der Waals surface area contributed by atoms with E-state index in [1.54, 1.807) is 42.9 Å². The fraction of sp³-hybridized carbons (Fsp3) is 0.160. The monoisotopic (exact) mass is 512 g/mol. The second-order valence-electron chi connectivity index (χ2n) is 7.87. The maximum absolute atomic E-state index is 13.6. The number of nitrogens with one attached hydrogen (secondary N) is 1. The van der Waals surface area contributed by atoms with Gasteiger partial charge in [0.1, 0.15) is 5.01 Å². The van der Waals surface area contributed by atoms with E-state index in [9.17, 15) is 18.0 Å². The molecule has 0 atom stereocenters. The number of anilines is 2. The first kappa shape index (κ1) is 23.4. The Hall–Kier alpha value is -3.37. The van der Waals surface area contributed by atoms with E-state index in [0.717, 1.165) is 45.2 Å². The Bertz CT molecular complexity index is 1390. The van der Waals surface area contributed by atoms with Crippen molar-refractivity contribution < 1.29 is 18.0 Å². The zero-order valence-corrected chi connectivity index (χ0v) is 20.1. The first-order chi connectivity index (χ1) is 16.8. The largest absolute Gasteiger partial charge is 0.417 e. The molecule has 178 valence electrons. The molecule has 0 saturated heterocycles. The fourth-order valence-electron chi connectivity index (χ4n) is 3.99. The molecule has 0 radical (unpaired) electrons. The summed E-state index contributed by atoms with van der Waals surface area (Å²) < 4.78 is 40.7. The van der Waals surface area contributed by atoms with Crippen molar-refractivity contribution in [1.82, 2.24) is 9.97 Å². The number of alkyl halides is 3. The standard InChI is InChI=1S/C25H19F3N4OS2/c1-34-22-11-16-7-9-32(21(16)12-19(22)25(26,27)28)24(33)30-18-6-2-4-15(10-18)20-14-35-23(31-20)17-5-3-8-29-13-17/h2-6,8,10-14H,7,9H2,1H3,(H,30,33). The van der Waals surface area contributed by atoms with Crippen LogP contribution in [0.2, 0.25) is 0 Å². The first-order valence-electron chi connectivity index (χ1n) is 10.7. The van der Waals surface area contributed by atoms with Gasteiger partial charge < -0.3 is 5.32 Å². The lowest BCUT2D eigenvalue weighted by atomic mass is 10.1. The summed E-state index contributed by atoms with van der Waals surface area (Å²) in [6.45, 7) is 0.316. The lowest BCUT2D eigenvalue weighted by Gasteiger charge is -2.20. The summed E-state index contributed by atoms with van der Waals surface area (Å²) in [5.74, 6) is 0. The third-order valence-electron chi connectivity index (χ3n) is 5.67. The molecule has 10 heteroatoms. The van der Waals surface area contributed by atoms with Crippen LogP contribution < -0.4 is 10.2 Å². The van der Waals surface area contributed by atoms with Gasteiger partial charge in [0.15, 0.2) is 0 Å². The highest BCUT2D eigenvalue weighted by atomic mass is 32.2. The molecule has 3 heterocycles. The molecular formula is C25H19F3N4OS2. The summed E-state index contributed by atoms with van der Waals surface area (Å²) in [6.07, 6.45) is 1.08. The molecule has 2 aromatic heterocycles. The smallest absolute Gasteiger partial charge is 0.308 e. The summed E-state index contributed by atoms with van der Waals surface area (Å²) in [5, 5.41) is 5.59. The van der Waals surface area contributed by atoms with Gasteiger partial charge in [-0.05, 0) is 54.6 Å². The molecule has 4 aromatic rings. The second kappa shape index (κ2) is 9.35. The van der Waals surface area contributed by atoms with Crippen LogP contribution in [0.15, 0.2) is 71.2 Å². The second-order valence-corrected chi connectivity index (χ2v) is 9.58. The highest BCUT2D eigenvalue weighted by molar-refractivity contribution is 7.98. The number of carbonyl (C=O) groups excluding carboxylic acids is 1. The van der Waals surface area contributed by atoms with Crippen molar-refractivity contribution in [2.24, 2.45) is 0 Å². The van der Waals surface area contributed by atoms with Crippen LogP contribution in [0.5, 0.6) is 0 Å². The Kier molecular flexibility index (Phi) is 6.24. The van der Waals surface area contributed by atoms with Crippen LogP contribution in [0.1, 0.15) is 11.1 Å². The minimum absolute atomic E-state index is 0.167. The van der Waals surface area contributed by atoms with Gasteiger partial charge in [-0.25, -0.2) is 9.78 Å². The van der Waals surface area contributed by atoms with Crippen molar-refractivity contribution >= 4 is 40.5 Å². The summed E-state index contributed by atoms with van der Waals surface area (Å²) in [6, 6.07) is 13.2. The Morgan fingerprint density at radius 3 is 2.71 bits per heavy atom. The van der Waals surface area contributed by atoms with Crippen LogP contribution in [-0.4, -0.2) is 28.8 Å². The van der Waals surface area contributed by atoms with Crippen LogP contribution >= 0.6 is 23.1 Å². The zero-order valence-electron chi connectivity index (χ0n) is 18.5. The number of hydrogen-bond donors (Lipinski definition) is 1. The maximum Gasteiger partial charge on any atom is 0.417 e. The number of benzene rings is 2. The molecule has 0 spiro atoms. The zero-order chi connectivity index (χ0) is 24.6. The lowest BCUT2D eigenvalue weighted by Crippen LogP contribution is -2.33. The van der Waals surface area contributed by atoms with Crippen molar-refractivity contribution in [1.29, 1.82) is 0 Å². The number of amides is 2. The van der Waals surface area contributed by atoms with Gasteiger partial charge in [0.25, 0.3) is 0 Å². The number of thiazole rings is 1. The molecule has 0 bridgehead atoms. The van der Waals surface area contributed by atoms with Crippen LogP contribution in [0.25, 0.3) is 21.8 Å². The van der Waals surface area contributed by atoms with E-state index < -0.39 is 17.8 Å².